The van der Waals surface area contributed by atoms with Crippen LogP contribution >= 0.6 is 0 Å². The topological polar surface area (TPSA) is 116 Å². The summed E-state index contributed by atoms with van der Waals surface area (Å²) in [6, 6.07) is 15.5. The summed E-state index contributed by atoms with van der Waals surface area (Å²) in [7, 11) is 0. The number of fused-ring (bicyclic) bond motifs is 1. The number of nitriles is 1. The van der Waals surface area contributed by atoms with E-state index in [1.807, 2.05) is 67.6 Å². The quantitative estimate of drug-likeness (QED) is 0.311. The number of nitrogens with one attached hydrogen (secondary N) is 3. The number of hydrogen-bond donors (Lipinski definition) is 3. The van der Waals surface area contributed by atoms with E-state index in [9.17, 15) is 10.1 Å². The number of ether oxygens (including phenoxy) is 1. The largest absolute Gasteiger partial charge is 0.486 e. The average molecular weight is 506 g/mol. The van der Waals surface area contributed by atoms with Gasteiger partial charge >= 0.3 is 6.03 Å². The number of carbonyl (C=O) groups excluding carboxylic acids is 1. The van der Waals surface area contributed by atoms with Gasteiger partial charge in [-0.05, 0) is 55.3 Å². The third kappa shape index (κ3) is 5.65. The normalized spacial score (nSPS) is 14.4. The second kappa shape index (κ2) is 11.3. The van der Waals surface area contributed by atoms with Gasteiger partial charge in [0.2, 0.25) is 0 Å². The predicted octanol–water partition coefficient (Wildman–Crippen LogP) is 4.98. The summed E-state index contributed by atoms with van der Waals surface area (Å²) in [5, 5.41) is 23.3. The zero-order valence-corrected chi connectivity index (χ0v) is 20.9. The Hall–Kier alpha value is -5.10. The number of para-hydroxylation sites is 1. The molecule has 0 saturated carbocycles. The van der Waals surface area contributed by atoms with Gasteiger partial charge in [0.15, 0.2) is 0 Å². The molecule has 3 aromatic heterocycles. The summed E-state index contributed by atoms with van der Waals surface area (Å²) >= 11 is 0. The number of hydrogen-bond acceptors (Lipinski definition) is 6. The van der Waals surface area contributed by atoms with Crippen molar-refractivity contribution in [2.24, 2.45) is 0 Å². The highest BCUT2D eigenvalue weighted by molar-refractivity contribution is 5.94. The van der Waals surface area contributed by atoms with Crippen molar-refractivity contribution in [1.82, 2.24) is 19.9 Å². The molecule has 4 aromatic rings. The standard InChI is InChI=1S/C29H27N7O2/c1-20-26(35-29(37)32-16-13-21-11-14-31-15-12-21)19-36-28(20)27(22(17-30)18-33-36)34-23-7-9-25(10-8-23)38-24-5-3-2-4-6-24/h2-9,11-12,14-15,18-19,25,34H,10,13,16H2,1H3,(H2,32,35,37). The fraction of sp³-hybridized carbons (Fsp3) is 0.172. The Kier molecular flexibility index (Phi) is 7.32. The van der Waals surface area contributed by atoms with E-state index in [1.54, 1.807) is 23.1 Å². The molecular weight excluding hydrogens is 478 g/mol. The molecule has 190 valence electrons. The smallest absolute Gasteiger partial charge is 0.319 e. The Balaban J connectivity index is 1.28. The van der Waals surface area contributed by atoms with Crippen LogP contribution in [0.2, 0.25) is 0 Å². The summed E-state index contributed by atoms with van der Waals surface area (Å²) in [4.78, 5) is 16.6. The first kappa shape index (κ1) is 24.6. The van der Waals surface area contributed by atoms with Crippen LogP contribution in [0.1, 0.15) is 23.1 Å². The predicted molar refractivity (Wildman–Crippen MR) is 146 cm³/mol. The zero-order valence-electron chi connectivity index (χ0n) is 20.9. The molecule has 1 aliphatic rings. The van der Waals surface area contributed by atoms with Crippen molar-refractivity contribution in [2.45, 2.75) is 25.9 Å². The first-order valence-electron chi connectivity index (χ1n) is 12.3. The minimum absolute atomic E-state index is 0.0706. The number of anilines is 2. The SMILES string of the molecule is Cc1c(NC(=O)NCCc2ccncc2)cn2ncc(C#N)c(NC3=CCC(Oc4ccccc4)C=C3)c12. The van der Waals surface area contributed by atoms with Crippen LogP contribution in [0.5, 0.6) is 5.75 Å². The molecule has 9 heteroatoms. The first-order chi connectivity index (χ1) is 18.6. The minimum atomic E-state index is -0.310. The van der Waals surface area contributed by atoms with Gasteiger partial charge in [0.05, 0.1) is 34.8 Å². The van der Waals surface area contributed by atoms with Crippen molar-refractivity contribution >= 4 is 22.9 Å². The lowest BCUT2D eigenvalue weighted by atomic mass is 10.1. The van der Waals surface area contributed by atoms with Gasteiger partial charge in [-0.2, -0.15) is 10.4 Å². The van der Waals surface area contributed by atoms with Crippen molar-refractivity contribution in [3.05, 3.63) is 108 Å². The number of urea groups is 1. The molecule has 0 spiro atoms. The number of allylic oxidation sites excluding steroid dienone is 1. The van der Waals surface area contributed by atoms with Gasteiger partial charge in [0.1, 0.15) is 17.9 Å². The molecule has 0 saturated heterocycles. The van der Waals surface area contributed by atoms with E-state index in [1.165, 1.54) is 6.20 Å². The molecule has 1 aromatic carbocycles. The highest BCUT2D eigenvalue weighted by atomic mass is 16.5. The molecular formula is C29H27N7O2. The van der Waals surface area contributed by atoms with E-state index in [0.717, 1.165) is 22.6 Å². The van der Waals surface area contributed by atoms with Gasteiger partial charge in [-0.1, -0.05) is 24.3 Å². The van der Waals surface area contributed by atoms with E-state index in [0.29, 0.717) is 41.8 Å². The van der Waals surface area contributed by atoms with E-state index in [2.05, 4.69) is 32.1 Å². The molecule has 1 unspecified atom stereocenters. The summed E-state index contributed by atoms with van der Waals surface area (Å²) in [5.41, 5.74) is 5.11. The lowest BCUT2D eigenvalue weighted by Gasteiger charge is -2.19. The maximum Gasteiger partial charge on any atom is 0.319 e. The van der Waals surface area contributed by atoms with Gasteiger partial charge in [0.25, 0.3) is 0 Å². The van der Waals surface area contributed by atoms with Crippen molar-refractivity contribution in [1.29, 1.82) is 5.26 Å². The Morgan fingerprint density at radius 3 is 2.76 bits per heavy atom. The fourth-order valence-electron chi connectivity index (χ4n) is 4.26. The van der Waals surface area contributed by atoms with Gasteiger partial charge in [-0.25, -0.2) is 9.31 Å². The van der Waals surface area contributed by atoms with Crippen LogP contribution in [0.25, 0.3) is 5.52 Å². The van der Waals surface area contributed by atoms with Gasteiger partial charge in [-0.15, -0.1) is 0 Å². The van der Waals surface area contributed by atoms with E-state index in [4.69, 9.17) is 4.74 Å². The zero-order chi connectivity index (χ0) is 26.3. The summed E-state index contributed by atoms with van der Waals surface area (Å²) in [6.07, 6.45) is 14.0. The van der Waals surface area contributed by atoms with Gasteiger partial charge in [0, 0.05) is 36.6 Å². The Morgan fingerprint density at radius 1 is 1.21 bits per heavy atom. The number of rotatable bonds is 8. The lowest BCUT2D eigenvalue weighted by Crippen LogP contribution is -2.30. The Morgan fingerprint density at radius 2 is 2.03 bits per heavy atom. The molecule has 0 fully saturated rings. The molecule has 3 heterocycles. The number of aryl methyl sites for hydroxylation is 1. The highest BCUT2D eigenvalue weighted by Gasteiger charge is 2.18. The maximum atomic E-state index is 12.6. The number of benzene rings is 1. The van der Waals surface area contributed by atoms with Gasteiger partial charge in [-0.3, -0.25) is 4.98 Å². The van der Waals surface area contributed by atoms with Crippen LogP contribution in [0.4, 0.5) is 16.2 Å². The van der Waals surface area contributed by atoms with Crippen molar-refractivity contribution < 1.29 is 9.53 Å². The van der Waals surface area contributed by atoms with Crippen LogP contribution in [-0.4, -0.2) is 33.3 Å². The summed E-state index contributed by atoms with van der Waals surface area (Å²) in [6.45, 7) is 2.38. The monoisotopic (exact) mass is 505 g/mol. The minimum Gasteiger partial charge on any atom is -0.486 e. The lowest BCUT2D eigenvalue weighted by molar-refractivity contribution is 0.251. The van der Waals surface area contributed by atoms with Crippen LogP contribution < -0.4 is 20.7 Å². The second-order valence-corrected chi connectivity index (χ2v) is 8.84. The first-order valence-corrected chi connectivity index (χ1v) is 12.3. The van der Waals surface area contributed by atoms with E-state index in [-0.39, 0.29) is 12.1 Å². The van der Waals surface area contributed by atoms with Crippen molar-refractivity contribution in [3.8, 4) is 11.8 Å². The van der Waals surface area contributed by atoms with Crippen LogP contribution in [0.15, 0.2) is 91.2 Å². The van der Waals surface area contributed by atoms with Crippen LogP contribution in [0.3, 0.4) is 0 Å². The third-order valence-electron chi connectivity index (χ3n) is 6.23. The highest BCUT2D eigenvalue weighted by Crippen LogP contribution is 2.32. The van der Waals surface area contributed by atoms with Crippen LogP contribution in [0, 0.1) is 18.3 Å². The number of nitrogens with zero attached hydrogens (tertiary/aromatic N) is 4. The molecule has 2 amide bonds. The fourth-order valence-corrected chi connectivity index (χ4v) is 4.26. The molecule has 0 bridgehead atoms. The molecule has 5 rings (SSSR count). The summed E-state index contributed by atoms with van der Waals surface area (Å²) in [5.74, 6) is 0.819. The molecule has 38 heavy (non-hydrogen) atoms. The number of pyridine rings is 1. The molecule has 0 aliphatic heterocycles. The Labute approximate surface area is 220 Å². The average Bonchev–Trinajstić information content (AvgIpc) is 3.26. The number of carbonyl (C=O) groups is 1. The molecule has 0 radical (unpaired) electrons. The van der Waals surface area contributed by atoms with Gasteiger partial charge < -0.3 is 20.7 Å². The van der Waals surface area contributed by atoms with Crippen LogP contribution in [-0.2, 0) is 6.42 Å². The Bertz CT molecular complexity index is 1540. The molecule has 3 N–H and O–H groups in total. The number of aromatic nitrogens is 3. The number of amides is 2. The summed E-state index contributed by atoms with van der Waals surface area (Å²) < 4.78 is 7.67. The van der Waals surface area contributed by atoms with E-state index < -0.39 is 0 Å². The third-order valence-corrected chi connectivity index (χ3v) is 6.23. The molecule has 1 aliphatic carbocycles. The second-order valence-electron chi connectivity index (χ2n) is 8.84. The van der Waals surface area contributed by atoms with Crippen molar-refractivity contribution in [3.63, 3.8) is 0 Å². The molecule has 1 atom stereocenters. The van der Waals surface area contributed by atoms with Crippen molar-refractivity contribution in [2.75, 3.05) is 17.2 Å². The van der Waals surface area contributed by atoms with E-state index >= 15 is 0 Å². The molecule has 9 nitrogen and oxygen atoms in total. The maximum absolute atomic E-state index is 12.6.